The van der Waals surface area contributed by atoms with E-state index in [9.17, 15) is 4.79 Å². The summed E-state index contributed by atoms with van der Waals surface area (Å²) in [4.78, 5) is 11.7. The second-order valence-electron chi connectivity index (χ2n) is 4.53. The maximum absolute atomic E-state index is 11.7. The fourth-order valence-corrected chi connectivity index (χ4v) is 2.27. The van der Waals surface area contributed by atoms with Crippen LogP contribution in [0.25, 0.3) is 6.08 Å². The van der Waals surface area contributed by atoms with Gasteiger partial charge in [-0.05, 0) is 41.8 Å². The highest BCUT2D eigenvalue weighted by atomic mass is 35.5. The summed E-state index contributed by atoms with van der Waals surface area (Å²) in [7, 11) is 0. The van der Waals surface area contributed by atoms with E-state index in [1.807, 2.05) is 42.5 Å². The van der Waals surface area contributed by atoms with E-state index in [0.29, 0.717) is 16.6 Å². The van der Waals surface area contributed by atoms with E-state index < -0.39 is 0 Å². The van der Waals surface area contributed by atoms with Crippen LogP contribution in [0.3, 0.4) is 0 Å². The van der Waals surface area contributed by atoms with E-state index in [0.717, 1.165) is 17.5 Å². The molecule has 0 aliphatic rings. The van der Waals surface area contributed by atoms with E-state index in [4.69, 9.17) is 23.2 Å². The SMILES string of the molecule is O=C(C=Cc1ccccc1Cl)NCCc1cccc(Cl)c1. The lowest BCUT2D eigenvalue weighted by Crippen LogP contribution is -2.23. The van der Waals surface area contributed by atoms with Crippen LogP contribution < -0.4 is 5.32 Å². The average molecular weight is 320 g/mol. The van der Waals surface area contributed by atoms with Gasteiger partial charge < -0.3 is 5.32 Å². The molecule has 0 bridgehead atoms. The van der Waals surface area contributed by atoms with Gasteiger partial charge in [0.25, 0.3) is 0 Å². The lowest BCUT2D eigenvalue weighted by atomic mass is 10.1. The minimum Gasteiger partial charge on any atom is -0.352 e. The van der Waals surface area contributed by atoms with Crippen molar-refractivity contribution >= 4 is 35.2 Å². The number of carbonyl (C=O) groups is 1. The molecule has 0 radical (unpaired) electrons. The number of carbonyl (C=O) groups excluding carboxylic acids is 1. The molecule has 2 aromatic rings. The molecule has 0 aromatic heterocycles. The number of hydrogen-bond acceptors (Lipinski definition) is 1. The molecule has 0 atom stereocenters. The first-order valence-electron chi connectivity index (χ1n) is 6.60. The smallest absolute Gasteiger partial charge is 0.244 e. The van der Waals surface area contributed by atoms with E-state index in [1.165, 1.54) is 6.08 Å². The summed E-state index contributed by atoms with van der Waals surface area (Å²) in [5, 5.41) is 4.16. The molecule has 0 fully saturated rings. The summed E-state index contributed by atoms with van der Waals surface area (Å²) in [5.74, 6) is -0.142. The molecular weight excluding hydrogens is 305 g/mol. The maximum atomic E-state index is 11.7. The van der Waals surface area contributed by atoms with E-state index >= 15 is 0 Å². The highest BCUT2D eigenvalue weighted by Crippen LogP contribution is 2.16. The van der Waals surface area contributed by atoms with Crippen LogP contribution >= 0.6 is 23.2 Å². The Labute approximate surface area is 134 Å². The van der Waals surface area contributed by atoms with Crippen molar-refractivity contribution in [2.45, 2.75) is 6.42 Å². The third-order valence-corrected chi connectivity index (χ3v) is 3.50. The van der Waals surface area contributed by atoms with Gasteiger partial charge in [0.15, 0.2) is 0 Å². The molecule has 2 aromatic carbocycles. The molecule has 1 N–H and O–H groups in total. The van der Waals surface area contributed by atoms with Gasteiger partial charge in [-0.3, -0.25) is 4.79 Å². The van der Waals surface area contributed by atoms with Crippen molar-refractivity contribution in [3.8, 4) is 0 Å². The fraction of sp³-hybridized carbons (Fsp3) is 0.118. The zero-order valence-electron chi connectivity index (χ0n) is 11.4. The lowest BCUT2D eigenvalue weighted by Gasteiger charge is -2.03. The molecule has 0 heterocycles. The summed E-state index contributed by atoms with van der Waals surface area (Å²) in [6, 6.07) is 15.0. The Morgan fingerprint density at radius 1 is 1.10 bits per heavy atom. The van der Waals surface area contributed by atoms with Crippen molar-refractivity contribution in [1.82, 2.24) is 5.32 Å². The largest absolute Gasteiger partial charge is 0.352 e. The predicted octanol–water partition coefficient (Wildman–Crippen LogP) is 4.37. The van der Waals surface area contributed by atoms with Crippen LogP contribution in [0.4, 0.5) is 0 Å². The molecule has 0 aliphatic carbocycles. The van der Waals surface area contributed by atoms with Gasteiger partial charge in [0.2, 0.25) is 5.91 Å². The van der Waals surface area contributed by atoms with Gasteiger partial charge in [0.05, 0.1) is 0 Å². The third-order valence-electron chi connectivity index (χ3n) is 2.92. The number of hydrogen-bond donors (Lipinski definition) is 1. The Kier molecular flexibility index (Phi) is 5.85. The second-order valence-corrected chi connectivity index (χ2v) is 5.37. The normalized spacial score (nSPS) is 10.8. The molecule has 2 nitrogen and oxygen atoms in total. The molecule has 2 rings (SSSR count). The first kappa shape index (κ1) is 15.6. The molecule has 0 unspecified atom stereocenters. The third kappa shape index (κ3) is 5.25. The quantitative estimate of drug-likeness (QED) is 0.815. The van der Waals surface area contributed by atoms with Crippen molar-refractivity contribution in [2.24, 2.45) is 0 Å². The van der Waals surface area contributed by atoms with Crippen LogP contribution in [-0.2, 0) is 11.2 Å². The Morgan fingerprint density at radius 3 is 2.67 bits per heavy atom. The Hall–Kier alpha value is -1.77. The van der Waals surface area contributed by atoms with Gasteiger partial charge >= 0.3 is 0 Å². The monoisotopic (exact) mass is 319 g/mol. The summed E-state index contributed by atoms with van der Waals surface area (Å²) < 4.78 is 0. The molecule has 0 aliphatic heterocycles. The van der Waals surface area contributed by atoms with Crippen molar-refractivity contribution in [3.63, 3.8) is 0 Å². The molecule has 0 spiro atoms. The first-order valence-corrected chi connectivity index (χ1v) is 7.35. The van der Waals surface area contributed by atoms with Crippen LogP contribution in [-0.4, -0.2) is 12.5 Å². The molecule has 4 heteroatoms. The summed E-state index contributed by atoms with van der Waals surface area (Å²) in [5.41, 5.74) is 1.92. The minimum atomic E-state index is -0.142. The van der Waals surface area contributed by atoms with Gasteiger partial charge in [-0.25, -0.2) is 0 Å². The molecule has 108 valence electrons. The number of rotatable bonds is 5. The number of nitrogens with one attached hydrogen (secondary N) is 1. The molecular formula is C17H15Cl2NO. The van der Waals surface area contributed by atoms with Crippen LogP contribution in [0.2, 0.25) is 10.0 Å². The Morgan fingerprint density at radius 2 is 1.90 bits per heavy atom. The highest BCUT2D eigenvalue weighted by molar-refractivity contribution is 6.32. The molecule has 0 saturated heterocycles. The van der Waals surface area contributed by atoms with E-state index in [-0.39, 0.29) is 5.91 Å². The zero-order chi connectivity index (χ0) is 15.1. The Balaban J connectivity index is 1.81. The van der Waals surface area contributed by atoms with Crippen LogP contribution in [0.15, 0.2) is 54.6 Å². The summed E-state index contributed by atoms with van der Waals surface area (Å²) in [6.45, 7) is 0.562. The first-order chi connectivity index (χ1) is 10.1. The topological polar surface area (TPSA) is 29.1 Å². The molecule has 1 amide bonds. The van der Waals surface area contributed by atoms with Crippen LogP contribution in [0.1, 0.15) is 11.1 Å². The highest BCUT2D eigenvalue weighted by Gasteiger charge is 1.99. The van der Waals surface area contributed by atoms with Crippen LogP contribution in [0.5, 0.6) is 0 Å². The van der Waals surface area contributed by atoms with E-state index in [1.54, 1.807) is 12.1 Å². The van der Waals surface area contributed by atoms with Gasteiger partial charge in [-0.2, -0.15) is 0 Å². The zero-order valence-corrected chi connectivity index (χ0v) is 12.9. The van der Waals surface area contributed by atoms with Gasteiger partial charge in [-0.15, -0.1) is 0 Å². The summed E-state index contributed by atoms with van der Waals surface area (Å²) in [6.07, 6.45) is 3.93. The van der Waals surface area contributed by atoms with E-state index in [2.05, 4.69) is 5.32 Å². The van der Waals surface area contributed by atoms with Gasteiger partial charge in [-0.1, -0.05) is 53.5 Å². The second kappa shape index (κ2) is 7.87. The van der Waals surface area contributed by atoms with Crippen LogP contribution in [0, 0.1) is 0 Å². The van der Waals surface area contributed by atoms with Gasteiger partial charge in [0.1, 0.15) is 0 Å². The number of amides is 1. The van der Waals surface area contributed by atoms with Crippen molar-refractivity contribution < 1.29 is 4.79 Å². The maximum Gasteiger partial charge on any atom is 0.244 e. The Bertz CT molecular complexity index is 653. The molecule has 0 saturated carbocycles. The minimum absolute atomic E-state index is 0.142. The van der Waals surface area contributed by atoms with Crippen molar-refractivity contribution in [2.75, 3.05) is 6.54 Å². The molecule has 21 heavy (non-hydrogen) atoms. The average Bonchev–Trinajstić information content (AvgIpc) is 2.46. The van der Waals surface area contributed by atoms with Crippen molar-refractivity contribution in [1.29, 1.82) is 0 Å². The fourth-order valence-electron chi connectivity index (χ4n) is 1.86. The lowest BCUT2D eigenvalue weighted by molar-refractivity contribution is -0.116. The number of halogens is 2. The standard InChI is InChI=1S/C17H15Cl2NO/c18-15-6-3-4-13(12-15)10-11-20-17(21)9-8-14-5-1-2-7-16(14)19/h1-9,12H,10-11H2,(H,20,21). The number of benzene rings is 2. The predicted molar refractivity (Wildman–Crippen MR) is 88.7 cm³/mol. The van der Waals surface area contributed by atoms with Gasteiger partial charge in [0, 0.05) is 22.7 Å². The van der Waals surface area contributed by atoms with Crippen molar-refractivity contribution in [3.05, 3.63) is 75.8 Å². The summed E-state index contributed by atoms with van der Waals surface area (Å²) >= 11 is 11.9.